The molecule has 0 heterocycles. The van der Waals surface area contributed by atoms with Crippen LogP contribution in [0, 0.1) is 40.4 Å². The lowest BCUT2D eigenvalue weighted by Gasteiger charge is -2.61. The summed E-state index contributed by atoms with van der Waals surface area (Å²) < 4.78 is 0. The third-order valence-electron chi connectivity index (χ3n) is 10.4. The maximum atomic E-state index is 11.8. The topological polar surface area (TPSA) is 57.5 Å². The Labute approximate surface area is 165 Å². The Morgan fingerprint density at radius 1 is 1.00 bits per heavy atom. The molecule has 3 heteroatoms. The van der Waals surface area contributed by atoms with Crippen LogP contribution >= 0.6 is 0 Å². The van der Waals surface area contributed by atoms with Gasteiger partial charge in [0.05, 0.1) is 5.60 Å². The predicted octanol–water partition coefficient (Wildman–Crippen LogP) is 5.65. The molecular formula is C24H40O3. The van der Waals surface area contributed by atoms with Crippen LogP contribution in [-0.2, 0) is 4.79 Å². The molecule has 0 saturated heterocycles. The number of fused-ring (bicyclic) bond motifs is 5. The Kier molecular flexibility index (Phi) is 4.93. The molecule has 0 amide bonds. The molecule has 27 heavy (non-hydrogen) atoms. The minimum Gasteiger partial charge on any atom is -0.481 e. The van der Waals surface area contributed by atoms with Crippen LogP contribution in [0.4, 0.5) is 0 Å². The number of carboxylic acids is 1. The number of carbonyl (C=O) groups is 1. The number of aliphatic carboxylic acids is 1. The molecule has 0 radical (unpaired) electrons. The molecule has 0 aliphatic heterocycles. The van der Waals surface area contributed by atoms with E-state index in [1.165, 1.54) is 44.9 Å². The Bertz CT molecular complexity index is 588. The molecule has 4 aliphatic carbocycles. The minimum atomic E-state index is -0.739. The van der Waals surface area contributed by atoms with E-state index in [0.717, 1.165) is 37.0 Å². The Morgan fingerprint density at radius 3 is 2.48 bits per heavy atom. The molecule has 4 fully saturated rings. The van der Waals surface area contributed by atoms with Gasteiger partial charge in [-0.05, 0) is 98.2 Å². The molecule has 1 unspecified atom stereocenters. The highest BCUT2D eigenvalue weighted by Crippen LogP contribution is 2.69. The molecule has 8 atom stereocenters. The first-order chi connectivity index (χ1) is 12.7. The van der Waals surface area contributed by atoms with Gasteiger partial charge in [0.1, 0.15) is 0 Å². The fraction of sp³-hybridized carbons (Fsp3) is 0.958. The fourth-order valence-electron chi connectivity index (χ4n) is 8.73. The van der Waals surface area contributed by atoms with Crippen LogP contribution in [-0.4, -0.2) is 21.8 Å². The summed E-state index contributed by atoms with van der Waals surface area (Å²) in [5, 5.41) is 20.9. The van der Waals surface area contributed by atoms with E-state index in [1.54, 1.807) is 0 Å². The van der Waals surface area contributed by atoms with Crippen LogP contribution in [0.25, 0.3) is 0 Å². The Hall–Kier alpha value is -0.570. The van der Waals surface area contributed by atoms with E-state index in [-0.39, 0.29) is 17.8 Å². The average molecular weight is 377 g/mol. The van der Waals surface area contributed by atoms with Crippen molar-refractivity contribution in [2.24, 2.45) is 40.4 Å². The van der Waals surface area contributed by atoms with Gasteiger partial charge in [0.15, 0.2) is 0 Å². The monoisotopic (exact) mass is 376 g/mol. The average Bonchev–Trinajstić information content (AvgIpc) is 2.91. The fourth-order valence-corrected chi connectivity index (χ4v) is 8.73. The van der Waals surface area contributed by atoms with Crippen molar-refractivity contribution >= 4 is 5.97 Å². The molecule has 0 spiro atoms. The minimum absolute atomic E-state index is 0.0239. The van der Waals surface area contributed by atoms with Crippen molar-refractivity contribution in [3.8, 4) is 0 Å². The number of carboxylic acid groups (broad SMARTS) is 1. The van der Waals surface area contributed by atoms with Gasteiger partial charge >= 0.3 is 5.97 Å². The van der Waals surface area contributed by atoms with Crippen LogP contribution < -0.4 is 0 Å². The Balaban J connectivity index is 1.57. The van der Waals surface area contributed by atoms with Crippen molar-refractivity contribution < 1.29 is 15.0 Å². The molecule has 4 saturated carbocycles. The van der Waals surface area contributed by atoms with Crippen molar-refractivity contribution in [2.45, 2.75) is 103 Å². The quantitative estimate of drug-likeness (QED) is 0.666. The third kappa shape index (κ3) is 2.81. The van der Waals surface area contributed by atoms with Gasteiger partial charge in [0.25, 0.3) is 0 Å². The highest BCUT2D eigenvalue weighted by atomic mass is 16.4. The summed E-state index contributed by atoms with van der Waals surface area (Å²) >= 11 is 0. The molecule has 3 nitrogen and oxygen atoms in total. The molecule has 4 aliphatic rings. The summed E-state index contributed by atoms with van der Waals surface area (Å²) in [6.07, 6.45) is 13.7. The third-order valence-corrected chi connectivity index (χ3v) is 10.4. The maximum Gasteiger partial charge on any atom is 0.303 e. The zero-order valence-corrected chi connectivity index (χ0v) is 17.7. The second-order valence-electron chi connectivity index (χ2n) is 11.2. The molecule has 154 valence electrons. The van der Waals surface area contributed by atoms with Gasteiger partial charge in [-0.15, -0.1) is 0 Å². The lowest BCUT2D eigenvalue weighted by molar-refractivity contribution is -0.169. The largest absolute Gasteiger partial charge is 0.481 e. The second-order valence-corrected chi connectivity index (χ2v) is 11.2. The molecule has 0 aromatic carbocycles. The van der Waals surface area contributed by atoms with Crippen molar-refractivity contribution in [1.82, 2.24) is 0 Å². The highest BCUT2D eigenvalue weighted by Gasteiger charge is 2.65. The number of hydrogen-bond donors (Lipinski definition) is 2. The zero-order chi connectivity index (χ0) is 19.4. The maximum absolute atomic E-state index is 11.8. The normalized spacial score (nSPS) is 50.4. The molecule has 0 bridgehead atoms. The van der Waals surface area contributed by atoms with Crippen LogP contribution in [0.1, 0.15) is 97.8 Å². The summed E-state index contributed by atoms with van der Waals surface area (Å²) in [7, 11) is 0. The Morgan fingerprint density at radius 2 is 1.74 bits per heavy atom. The SMILES string of the molecule is C[C@H](CCC(=O)O)[C@@]1(O)CC[C@H]2[C@@H]3CCC4CCCC[C@]4(C)[C@H]3CC[C@@]21C. The second kappa shape index (κ2) is 6.75. The number of hydrogen-bond acceptors (Lipinski definition) is 2. The zero-order valence-electron chi connectivity index (χ0n) is 17.7. The molecular weight excluding hydrogens is 336 g/mol. The number of aliphatic hydroxyl groups is 1. The predicted molar refractivity (Wildman–Crippen MR) is 107 cm³/mol. The lowest BCUT2D eigenvalue weighted by Crippen LogP contribution is -2.57. The van der Waals surface area contributed by atoms with E-state index < -0.39 is 11.6 Å². The van der Waals surface area contributed by atoms with Gasteiger partial charge in [-0.3, -0.25) is 4.79 Å². The molecule has 0 aromatic heterocycles. The molecule has 4 rings (SSSR count). The smallest absolute Gasteiger partial charge is 0.303 e. The first-order valence-corrected chi connectivity index (χ1v) is 11.7. The van der Waals surface area contributed by atoms with E-state index in [0.29, 0.717) is 17.8 Å². The van der Waals surface area contributed by atoms with E-state index in [9.17, 15) is 9.90 Å². The first kappa shape index (κ1) is 19.7. The summed E-state index contributed by atoms with van der Waals surface area (Å²) in [6, 6.07) is 0. The van der Waals surface area contributed by atoms with Gasteiger partial charge in [-0.25, -0.2) is 0 Å². The van der Waals surface area contributed by atoms with Crippen molar-refractivity contribution in [3.63, 3.8) is 0 Å². The molecule has 0 aromatic rings. The van der Waals surface area contributed by atoms with Crippen LogP contribution in [0.2, 0.25) is 0 Å². The van der Waals surface area contributed by atoms with Crippen LogP contribution in [0.15, 0.2) is 0 Å². The molecule has 2 N–H and O–H groups in total. The van der Waals surface area contributed by atoms with E-state index in [1.807, 2.05) is 0 Å². The summed E-state index contributed by atoms with van der Waals surface area (Å²) in [4.78, 5) is 11.1. The van der Waals surface area contributed by atoms with Crippen LogP contribution in [0.5, 0.6) is 0 Å². The van der Waals surface area contributed by atoms with E-state index >= 15 is 0 Å². The van der Waals surface area contributed by atoms with Gasteiger partial charge < -0.3 is 10.2 Å². The summed E-state index contributed by atoms with van der Waals surface area (Å²) in [6.45, 7) is 7.06. The highest BCUT2D eigenvalue weighted by molar-refractivity contribution is 5.66. The van der Waals surface area contributed by atoms with E-state index in [4.69, 9.17) is 5.11 Å². The summed E-state index contributed by atoms with van der Waals surface area (Å²) in [5.74, 6) is 2.54. The van der Waals surface area contributed by atoms with Gasteiger partial charge in [-0.2, -0.15) is 0 Å². The standard InChI is InChI=1S/C24H40O3/c1-16(7-10-21(25)26)24(27)15-12-20-18-9-8-17-6-4-5-13-22(17,2)19(18)11-14-23(20,24)3/h16-20,27H,4-15H2,1-3H3,(H,25,26)/t16-,17?,18-,19+,20+,22+,23+,24+/m1/s1. The van der Waals surface area contributed by atoms with Crippen molar-refractivity contribution in [2.75, 3.05) is 0 Å². The van der Waals surface area contributed by atoms with Crippen LogP contribution in [0.3, 0.4) is 0 Å². The number of rotatable bonds is 4. The lowest BCUT2D eigenvalue weighted by atomic mass is 9.44. The van der Waals surface area contributed by atoms with Crippen molar-refractivity contribution in [1.29, 1.82) is 0 Å². The van der Waals surface area contributed by atoms with Gasteiger partial charge in [0.2, 0.25) is 0 Å². The van der Waals surface area contributed by atoms with E-state index in [2.05, 4.69) is 20.8 Å². The van der Waals surface area contributed by atoms with Crippen molar-refractivity contribution in [3.05, 3.63) is 0 Å². The van der Waals surface area contributed by atoms with Gasteiger partial charge in [-0.1, -0.05) is 33.6 Å². The summed E-state index contributed by atoms with van der Waals surface area (Å²) in [5.41, 5.74) is -0.162. The first-order valence-electron chi connectivity index (χ1n) is 11.7. The van der Waals surface area contributed by atoms with Gasteiger partial charge in [0, 0.05) is 6.42 Å².